The number of carbonyl (C=O) groups excluding carboxylic acids is 1. The zero-order valence-electron chi connectivity index (χ0n) is 12.1. The van der Waals surface area contributed by atoms with E-state index in [9.17, 15) is 14.9 Å². The Morgan fingerprint density at radius 2 is 2.52 bits per heavy atom. The van der Waals surface area contributed by atoms with Crippen LogP contribution in [-0.2, 0) is 4.74 Å². The van der Waals surface area contributed by atoms with Gasteiger partial charge in [-0.1, -0.05) is 11.8 Å². The van der Waals surface area contributed by atoms with Gasteiger partial charge in [0.25, 0.3) is 0 Å². The Balaban J connectivity index is 1.61. The third-order valence-corrected chi connectivity index (χ3v) is 3.48. The van der Waals surface area contributed by atoms with E-state index in [1.165, 1.54) is 23.9 Å². The second kappa shape index (κ2) is 8.78. The molecule has 1 amide bonds. The maximum atomic E-state index is 11.4. The molecule has 0 atom stereocenters. The molecule has 1 aliphatic rings. The van der Waals surface area contributed by atoms with Crippen molar-refractivity contribution in [3.63, 3.8) is 0 Å². The maximum Gasteiger partial charge on any atom is 0.433 e. The van der Waals surface area contributed by atoms with Crippen molar-refractivity contribution >= 4 is 35.1 Å². The van der Waals surface area contributed by atoms with Crippen LogP contribution in [0.2, 0.25) is 0 Å². The monoisotopic (exact) mass is 341 g/mol. The standard InChI is InChI=1S/C12H15N5O5S/c18-12(21-6-7-23-11-13-4-1-5-14-11)16-15-8-9-2-3-10(22-9)17(19)20/h2-3,8H,1,4-7H2,(H,13,14)(H,16,18)/b15-8+. The molecule has 1 aromatic heterocycles. The van der Waals surface area contributed by atoms with Crippen molar-refractivity contribution < 1.29 is 18.9 Å². The van der Waals surface area contributed by atoms with Crippen LogP contribution < -0.4 is 10.7 Å². The lowest BCUT2D eigenvalue weighted by atomic mass is 10.4. The Morgan fingerprint density at radius 3 is 3.22 bits per heavy atom. The number of hydrazone groups is 1. The summed E-state index contributed by atoms with van der Waals surface area (Å²) in [5.74, 6) is 0.326. The third-order valence-electron chi connectivity index (χ3n) is 2.56. The number of furan rings is 1. The summed E-state index contributed by atoms with van der Waals surface area (Å²) in [4.78, 5) is 25.4. The fourth-order valence-electron chi connectivity index (χ4n) is 1.57. The van der Waals surface area contributed by atoms with Crippen LogP contribution in [0.1, 0.15) is 12.2 Å². The van der Waals surface area contributed by atoms with E-state index in [0.29, 0.717) is 5.75 Å². The van der Waals surface area contributed by atoms with Crippen LogP contribution in [0.3, 0.4) is 0 Å². The van der Waals surface area contributed by atoms with Gasteiger partial charge in [-0.15, -0.1) is 0 Å². The molecule has 0 radical (unpaired) electrons. The van der Waals surface area contributed by atoms with Gasteiger partial charge in [-0.05, 0) is 12.5 Å². The zero-order valence-corrected chi connectivity index (χ0v) is 12.9. The first-order valence-electron chi connectivity index (χ1n) is 6.76. The third kappa shape index (κ3) is 5.98. The number of nitrogens with zero attached hydrogens (tertiary/aromatic N) is 3. The largest absolute Gasteiger partial charge is 0.447 e. The second-order valence-corrected chi connectivity index (χ2v) is 5.34. The number of carbonyl (C=O) groups is 1. The normalized spacial score (nSPS) is 14.2. The fraction of sp³-hybridized carbons (Fsp3) is 0.417. The Hall–Kier alpha value is -2.56. The van der Waals surface area contributed by atoms with E-state index in [1.807, 2.05) is 0 Å². The van der Waals surface area contributed by atoms with Crippen molar-refractivity contribution in [2.45, 2.75) is 6.42 Å². The predicted octanol–water partition coefficient (Wildman–Crippen LogP) is 1.33. The minimum Gasteiger partial charge on any atom is -0.447 e. The molecule has 2 rings (SSSR count). The summed E-state index contributed by atoms with van der Waals surface area (Å²) in [6.07, 6.45) is 1.45. The Bertz CT molecular complexity index is 615. The molecule has 0 spiro atoms. The summed E-state index contributed by atoms with van der Waals surface area (Å²) >= 11 is 1.48. The Kier molecular flexibility index (Phi) is 6.41. The lowest BCUT2D eigenvalue weighted by Crippen LogP contribution is -2.27. The summed E-state index contributed by atoms with van der Waals surface area (Å²) in [6.45, 7) is 1.93. The molecule has 1 aromatic rings. The lowest BCUT2D eigenvalue weighted by molar-refractivity contribution is -0.402. The zero-order chi connectivity index (χ0) is 16.5. The molecule has 23 heavy (non-hydrogen) atoms. The Labute approximate surface area is 135 Å². The van der Waals surface area contributed by atoms with Crippen molar-refractivity contribution in [3.05, 3.63) is 28.0 Å². The molecule has 11 heteroatoms. The summed E-state index contributed by atoms with van der Waals surface area (Å²) in [5.41, 5.74) is 2.13. The minimum atomic E-state index is -0.721. The number of hydrogen-bond donors (Lipinski definition) is 2. The smallest absolute Gasteiger partial charge is 0.433 e. The second-order valence-electron chi connectivity index (χ2n) is 4.25. The highest BCUT2D eigenvalue weighted by Gasteiger charge is 2.10. The summed E-state index contributed by atoms with van der Waals surface area (Å²) in [6, 6.07) is 2.56. The first-order valence-corrected chi connectivity index (χ1v) is 7.75. The lowest BCUT2D eigenvalue weighted by Gasteiger charge is -2.13. The van der Waals surface area contributed by atoms with Crippen LogP contribution in [0.5, 0.6) is 0 Å². The molecule has 0 aromatic carbocycles. The molecule has 2 heterocycles. The average Bonchev–Trinajstić information content (AvgIpc) is 3.02. The molecular weight excluding hydrogens is 326 g/mol. The van der Waals surface area contributed by atoms with Crippen LogP contribution in [-0.4, -0.2) is 47.8 Å². The number of aliphatic imine (C=N–C) groups is 1. The van der Waals surface area contributed by atoms with Crippen molar-refractivity contribution in [2.75, 3.05) is 25.4 Å². The summed E-state index contributed by atoms with van der Waals surface area (Å²) in [5, 5.41) is 18.0. The van der Waals surface area contributed by atoms with E-state index in [4.69, 9.17) is 9.15 Å². The molecule has 0 saturated carbocycles. The number of nitro groups is 1. The van der Waals surface area contributed by atoms with Gasteiger partial charge in [-0.2, -0.15) is 5.10 Å². The first kappa shape index (κ1) is 16.8. The van der Waals surface area contributed by atoms with E-state index >= 15 is 0 Å². The summed E-state index contributed by atoms with van der Waals surface area (Å²) < 4.78 is 9.74. The van der Waals surface area contributed by atoms with E-state index in [2.05, 4.69) is 20.8 Å². The highest BCUT2D eigenvalue weighted by Crippen LogP contribution is 2.13. The molecule has 2 N–H and O–H groups in total. The van der Waals surface area contributed by atoms with E-state index in [0.717, 1.165) is 30.9 Å². The molecule has 1 aliphatic heterocycles. The SMILES string of the molecule is O=C(N/N=C/c1ccc([N+](=O)[O-])o1)OCCSC1=NCCCN1. The number of rotatable bonds is 6. The molecule has 0 unspecified atom stereocenters. The molecule has 124 valence electrons. The van der Waals surface area contributed by atoms with E-state index < -0.39 is 16.9 Å². The van der Waals surface area contributed by atoms with Crippen molar-refractivity contribution in [1.82, 2.24) is 10.7 Å². The number of thioether (sulfide) groups is 1. The van der Waals surface area contributed by atoms with Gasteiger partial charge in [0.2, 0.25) is 0 Å². The molecule has 0 aliphatic carbocycles. The average molecular weight is 341 g/mol. The molecule has 0 saturated heterocycles. The van der Waals surface area contributed by atoms with Crippen LogP contribution in [0.4, 0.5) is 10.7 Å². The van der Waals surface area contributed by atoms with Gasteiger partial charge >= 0.3 is 12.0 Å². The van der Waals surface area contributed by atoms with Gasteiger partial charge in [0, 0.05) is 18.8 Å². The topological polar surface area (TPSA) is 131 Å². The number of hydrogen-bond acceptors (Lipinski definition) is 9. The van der Waals surface area contributed by atoms with Gasteiger partial charge in [0.1, 0.15) is 11.5 Å². The van der Waals surface area contributed by atoms with Gasteiger partial charge in [0.05, 0.1) is 12.3 Å². The highest BCUT2D eigenvalue weighted by atomic mass is 32.2. The number of ether oxygens (including phenoxy) is 1. The van der Waals surface area contributed by atoms with E-state index in [-0.39, 0.29) is 12.4 Å². The van der Waals surface area contributed by atoms with Crippen LogP contribution >= 0.6 is 11.8 Å². The van der Waals surface area contributed by atoms with E-state index in [1.54, 1.807) is 0 Å². The molecule has 0 fully saturated rings. The van der Waals surface area contributed by atoms with Gasteiger partial charge in [-0.3, -0.25) is 15.1 Å². The quantitative estimate of drug-likeness (QED) is 0.345. The van der Waals surface area contributed by atoms with Crippen LogP contribution in [0, 0.1) is 10.1 Å². The van der Waals surface area contributed by atoms with Crippen LogP contribution in [0.15, 0.2) is 26.6 Å². The van der Waals surface area contributed by atoms with Crippen molar-refractivity contribution in [1.29, 1.82) is 0 Å². The van der Waals surface area contributed by atoms with Gasteiger partial charge in [0.15, 0.2) is 10.9 Å². The molecule has 0 bridgehead atoms. The first-order chi connectivity index (χ1) is 11.1. The van der Waals surface area contributed by atoms with Crippen molar-refractivity contribution in [3.8, 4) is 0 Å². The minimum absolute atomic E-state index is 0.147. The maximum absolute atomic E-state index is 11.4. The van der Waals surface area contributed by atoms with Gasteiger partial charge in [-0.25, -0.2) is 10.2 Å². The number of nitrogens with one attached hydrogen (secondary N) is 2. The predicted molar refractivity (Wildman–Crippen MR) is 84.8 cm³/mol. The fourth-order valence-corrected chi connectivity index (χ4v) is 2.32. The highest BCUT2D eigenvalue weighted by molar-refractivity contribution is 8.13. The Morgan fingerprint density at radius 1 is 1.65 bits per heavy atom. The van der Waals surface area contributed by atoms with Gasteiger partial charge < -0.3 is 14.5 Å². The molecule has 10 nitrogen and oxygen atoms in total. The molecular formula is C12H15N5O5S. The summed E-state index contributed by atoms with van der Waals surface area (Å²) in [7, 11) is 0. The number of amides is 1. The van der Waals surface area contributed by atoms with Crippen LogP contribution in [0.25, 0.3) is 0 Å². The number of amidine groups is 1. The van der Waals surface area contributed by atoms with Crippen molar-refractivity contribution in [2.24, 2.45) is 10.1 Å².